The number of fused-ring (bicyclic) bond motifs is 1. The van der Waals surface area contributed by atoms with Gasteiger partial charge in [0.2, 0.25) is 0 Å². The number of hydrogen-bond acceptors (Lipinski definition) is 5. The fourth-order valence-corrected chi connectivity index (χ4v) is 4.62. The molecule has 2 aliphatic rings. The quantitative estimate of drug-likeness (QED) is 0.659. The van der Waals surface area contributed by atoms with Crippen molar-refractivity contribution < 1.29 is 27.8 Å². The number of anilines is 1. The third-order valence-electron chi connectivity index (χ3n) is 6.82. The average molecular weight is 478 g/mol. The lowest BCUT2D eigenvalue weighted by Gasteiger charge is -2.44. The summed E-state index contributed by atoms with van der Waals surface area (Å²) in [5.74, 6) is -0.725. The Morgan fingerprint density at radius 1 is 1.24 bits per heavy atom. The molecule has 0 spiro atoms. The maximum atomic E-state index is 13.1. The van der Waals surface area contributed by atoms with Gasteiger partial charge in [-0.05, 0) is 70.1 Å². The third-order valence-corrected chi connectivity index (χ3v) is 6.82. The zero-order valence-electron chi connectivity index (χ0n) is 19.7. The van der Waals surface area contributed by atoms with E-state index in [0.717, 1.165) is 24.2 Å². The van der Waals surface area contributed by atoms with Crippen LogP contribution >= 0.6 is 0 Å². The summed E-state index contributed by atoms with van der Waals surface area (Å²) < 4.78 is 43.8. The number of aliphatic hydroxyl groups is 1. The van der Waals surface area contributed by atoms with E-state index in [-0.39, 0.29) is 11.3 Å². The monoisotopic (exact) mass is 477 g/mol. The van der Waals surface area contributed by atoms with Gasteiger partial charge >= 0.3 is 6.36 Å². The Hall–Kier alpha value is -2.78. The second-order valence-electron chi connectivity index (χ2n) is 9.63. The fourth-order valence-electron chi connectivity index (χ4n) is 4.62. The van der Waals surface area contributed by atoms with E-state index < -0.39 is 23.9 Å². The molecule has 0 saturated carbocycles. The number of carbonyl (C=O) groups excluding carboxylic acids is 1. The summed E-state index contributed by atoms with van der Waals surface area (Å²) in [6.07, 6.45) is -3.61. The third kappa shape index (κ3) is 5.00. The van der Waals surface area contributed by atoms with E-state index >= 15 is 0 Å². The Morgan fingerprint density at radius 2 is 1.94 bits per heavy atom. The molecule has 1 amide bonds. The summed E-state index contributed by atoms with van der Waals surface area (Å²) in [4.78, 5) is 16.9. The topological polar surface area (TPSA) is 65.0 Å². The number of ether oxygens (including phenoxy) is 1. The fraction of sp³-hybridized carbons (Fsp3) is 0.480. The maximum Gasteiger partial charge on any atom is 0.573 e. The molecule has 0 aromatic heterocycles. The van der Waals surface area contributed by atoms with Gasteiger partial charge in [0.1, 0.15) is 5.75 Å². The lowest BCUT2D eigenvalue weighted by molar-refractivity contribution is -0.274. The van der Waals surface area contributed by atoms with Crippen molar-refractivity contribution in [3.63, 3.8) is 0 Å². The predicted octanol–water partition coefficient (Wildman–Crippen LogP) is 3.98. The Bertz CT molecular complexity index is 1080. The molecule has 6 nitrogen and oxygen atoms in total. The number of amides is 1. The molecule has 1 heterocycles. The van der Waals surface area contributed by atoms with E-state index in [4.69, 9.17) is 0 Å². The number of carbonyl (C=O) groups is 1. The number of alkyl halides is 3. The molecule has 1 aliphatic heterocycles. The highest BCUT2D eigenvalue weighted by Gasteiger charge is 2.35. The summed E-state index contributed by atoms with van der Waals surface area (Å²) in [7, 11) is 3.94. The van der Waals surface area contributed by atoms with Gasteiger partial charge < -0.3 is 25.0 Å². The van der Waals surface area contributed by atoms with Crippen LogP contribution in [-0.4, -0.2) is 55.5 Å². The molecule has 1 saturated heterocycles. The highest BCUT2D eigenvalue weighted by atomic mass is 19.4. The maximum absolute atomic E-state index is 13.1. The van der Waals surface area contributed by atoms with E-state index in [1.54, 1.807) is 44.2 Å². The van der Waals surface area contributed by atoms with Crippen LogP contribution < -0.4 is 15.0 Å². The minimum Gasteiger partial charge on any atom is -0.405 e. The van der Waals surface area contributed by atoms with Crippen molar-refractivity contribution in [2.45, 2.75) is 50.7 Å². The van der Waals surface area contributed by atoms with Gasteiger partial charge in [0.15, 0.2) is 0 Å². The van der Waals surface area contributed by atoms with Crippen molar-refractivity contribution in [2.75, 3.05) is 32.1 Å². The molecule has 0 radical (unpaired) electrons. The van der Waals surface area contributed by atoms with Gasteiger partial charge in [0.25, 0.3) is 5.91 Å². The van der Waals surface area contributed by atoms with E-state index in [1.165, 1.54) is 6.07 Å². The first-order chi connectivity index (χ1) is 15.8. The molecule has 184 valence electrons. The second kappa shape index (κ2) is 8.78. The second-order valence-corrected chi connectivity index (χ2v) is 9.63. The molecule has 0 bridgehead atoms. The molecule has 2 aromatic carbocycles. The van der Waals surface area contributed by atoms with Crippen molar-refractivity contribution in [3.05, 3.63) is 58.7 Å². The molecule has 2 aromatic rings. The molecular weight excluding hydrogens is 447 g/mol. The number of nitrogens with one attached hydrogen (secondary N) is 1. The smallest absolute Gasteiger partial charge is 0.405 e. The Kier molecular flexibility index (Phi) is 6.29. The molecule has 4 rings (SSSR count). The molecule has 1 unspecified atom stereocenters. The van der Waals surface area contributed by atoms with E-state index in [9.17, 15) is 23.1 Å². The summed E-state index contributed by atoms with van der Waals surface area (Å²) in [5, 5.41) is 13.2. The minimum absolute atomic E-state index is 0.239. The lowest BCUT2D eigenvalue weighted by Crippen LogP contribution is -2.57. The highest BCUT2D eigenvalue weighted by molar-refractivity contribution is 5.94. The lowest BCUT2D eigenvalue weighted by atomic mass is 9.97. The summed E-state index contributed by atoms with van der Waals surface area (Å²) in [6, 6.07) is 9.44. The van der Waals surface area contributed by atoms with Crippen LogP contribution in [0.1, 0.15) is 53.4 Å². The molecule has 1 aliphatic carbocycles. The first-order valence-electron chi connectivity index (χ1n) is 11.3. The number of aryl methyl sites for hydroxylation is 1. The molecule has 2 atom stereocenters. The van der Waals surface area contributed by atoms with Crippen molar-refractivity contribution >= 4 is 11.6 Å². The average Bonchev–Trinajstić information content (AvgIpc) is 2.99. The van der Waals surface area contributed by atoms with Crippen molar-refractivity contribution in [1.29, 1.82) is 0 Å². The van der Waals surface area contributed by atoms with Gasteiger partial charge in [-0.3, -0.25) is 4.79 Å². The van der Waals surface area contributed by atoms with Crippen LogP contribution in [0.3, 0.4) is 0 Å². The summed E-state index contributed by atoms with van der Waals surface area (Å²) in [5.41, 5.74) is 2.08. The van der Waals surface area contributed by atoms with E-state index in [0.29, 0.717) is 30.1 Å². The van der Waals surface area contributed by atoms with Gasteiger partial charge in [-0.2, -0.15) is 0 Å². The standard InChI is InChI=1S/C25H30F3N3O3/c1-15(29-23(32)17-5-8-21-16(11-17)9-10-24(21,2)33)20-7-6-18(12-22(20)34-25(26,27)28)31-13-19(14-31)30(3)4/h5-8,11-12,15,19,33H,9-10,13-14H2,1-4H3,(H,29,32)/t15-,24?/m0/s1. The predicted molar refractivity (Wildman–Crippen MR) is 123 cm³/mol. The number of benzene rings is 2. The van der Waals surface area contributed by atoms with Crippen molar-refractivity contribution in [2.24, 2.45) is 0 Å². The SMILES string of the molecule is C[C@H](NC(=O)c1ccc2c(c1)CCC2(C)O)c1ccc(N2CC(N(C)C)C2)cc1OC(F)(F)F. The van der Waals surface area contributed by atoms with Gasteiger partial charge in [-0.1, -0.05) is 12.1 Å². The first kappa shape index (κ1) is 24.3. The van der Waals surface area contributed by atoms with Crippen LogP contribution in [0, 0.1) is 0 Å². The largest absolute Gasteiger partial charge is 0.573 e. The van der Waals surface area contributed by atoms with Crippen LogP contribution in [0.5, 0.6) is 5.75 Å². The van der Waals surface area contributed by atoms with Crippen LogP contribution in [0.2, 0.25) is 0 Å². The van der Waals surface area contributed by atoms with Gasteiger partial charge in [0, 0.05) is 42.0 Å². The van der Waals surface area contributed by atoms with Gasteiger partial charge in [0.05, 0.1) is 11.6 Å². The number of nitrogens with zero attached hydrogens (tertiary/aromatic N) is 2. The number of hydrogen-bond donors (Lipinski definition) is 2. The Balaban J connectivity index is 1.52. The zero-order valence-corrected chi connectivity index (χ0v) is 19.7. The van der Waals surface area contributed by atoms with E-state index in [2.05, 4.69) is 15.0 Å². The normalized spacial score (nSPS) is 21.3. The van der Waals surface area contributed by atoms with Crippen LogP contribution in [0.25, 0.3) is 0 Å². The Morgan fingerprint density at radius 3 is 2.59 bits per heavy atom. The Labute approximate surface area is 197 Å². The summed E-state index contributed by atoms with van der Waals surface area (Å²) in [6.45, 7) is 4.80. The molecule has 9 heteroatoms. The number of rotatable bonds is 6. The van der Waals surface area contributed by atoms with E-state index in [1.807, 2.05) is 19.0 Å². The molecule has 34 heavy (non-hydrogen) atoms. The van der Waals surface area contributed by atoms with Crippen LogP contribution in [0.15, 0.2) is 36.4 Å². The van der Waals surface area contributed by atoms with Crippen molar-refractivity contribution in [3.8, 4) is 5.75 Å². The summed E-state index contributed by atoms with van der Waals surface area (Å²) >= 11 is 0. The molecule has 2 N–H and O–H groups in total. The van der Waals surface area contributed by atoms with Gasteiger partial charge in [-0.15, -0.1) is 13.2 Å². The van der Waals surface area contributed by atoms with Crippen molar-refractivity contribution in [1.82, 2.24) is 10.2 Å². The highest BCUT2D eigenvalue weighted by Crippen LogP contribution is 2.38. The van der Waals surface area contributed by atoms with Crippen LogP contribution in [-0.2, 0) is 12.0 Å². The number of halogens is 3. The first-order valence-corrected chi connectivity index (χ1v) is 11.3. The zero-order chi connectivity index (χ0) is 24.8. The van der Waals surface area contributed by atoms with Gasteiger partial charge in [-0.25, -0.2) is 0 Å². The minimum atomic E-state index is -4.85. The molecular formula is C25H30F3N3O3. The van der Waals surface area contributed by atoms with Crippen LogP contribution in [0.4, 0.5) is 18.9 Å². The number of likely N-dealkylation sites (N-methyl/N-ethyl adjacent to an activating group) is 1. The molecule has 1 fully saturated rings.